The Bertz CT molecular complexity index is 1000. The van der Waals surface area contributed by atoms with Gasteiger partial charge in [-0.2, -0.15) is 5.10 Å². The molecule has 2 aromatic carbocycles. The Morgan fingerprint density at radius 3 is 2.69 bits per heavy atom. The Kier molecular flexibility index (Phi) is 5.37. The zero-order valence-corrected chi connectivity index (χ0v) is 15.8. The van der Waals surface area contributed by atoms with Gasteiger partial charge in [-0.1, -0.05) is 24.3 Å². The van der Waals surface area contributed by atoms with Crippen LogP contribution in [0.15, 0.2) is 60.9 Å². The van der Waals surface area contributed by atoms with Gasteiger partial charge in [-0.15, -0.1) is 0 Å². The Hall–Kier alpha value is -3.48. The highest BCUT2D eigenvalue weighted by Crippen LogP contribution is 2.24. The first kappa shape index (κ1) is 18.9. The summed E-state index contributed by atoms with van der Waals surface area (Å²) in [4.78, 5) is 26.9. The predicted octanol–water partition coefficient (Wildman–Crippen LogP) is 3.71. The van der Waals surface area contributed by atoms with E-state index in [9.17, 15) is 14.0 Å². The third-order valence-corrected chi connectivity index (χ3v) is 5.13. The topological polar surface area (TPSA) is 78.1 Å². The number of nitrogens with one attached hydrogen (secondary N) is 2. The van der Waals surface area contributed by atoms with E-state index in [0.717, 1.165) is 24.0 Å². The first-order chi connectivity index (χ1) is 14.1. The second-order valence-electron chi connectivity index (χ2n) is 7.15. The maximum Gasteiger partial charge on any atom is 0.257 e. The van der Waals surface area contributed by atoms with E-state index in [4.69, 9.17) is 0 Å². The van der Waals surface area contributed by atoms with Crippen molar-refractivity contribution >= 4 is 17.5 Å². The first-order valence-corrected chi connectivity index (χ1v) is 9.55. The van der Waals surface area contributed by atoms with Gasteiger partial charge >= 0.3 is 0 Å². The molecule has 0 spiro atoms. The summed E-state index contributed by atoms with van der Waals surface area (Å²) in [7, 11) is 0. The van der Waals surface area contributed by atoms with E-state index in [-0.39, 0.29) is 23.5 Å². The van der Waals surface area contributed by atoms with Gasteiger partial charge in [0.25, 0.3) is 5.91 Å². The number of piperidine rings is 1. The molecule has 148 valence electrons. The lowest BCUT2D eigenvalue weighted by molar-refractivity contribution is -0.121. The lowest BCUT2D eigenvalue weighted by atomic mass is 9.96. The molecule has 0 aliphatic carbocycles. The predicted molar refractivity (Wildman–Crippen MR) is 108 cm³/mol. The average molecular weight is 392 g/mol. The third kappa shape index (κ3) is 4.34. The second-order valence-corrected chi connectivity index (χ2v) is 7.15. The quantitative estimate of drug-likeness (QED) is 0.711. The van der Waals surface area contributed by atoms with Crippen molar-refractivity contribution in [2.24, 2.45) is 5.92 Å². The zero-order valence-electron chi connectivity index (χ0n) is 15.8. The Morgan fingerprint density at radius 1 is 1.14 bits per heavy atom. The van der Waals surface area contributed by atoms with Crippen LogP contribution in [-0.4, -0.2) is 40.0 Å². The molecule has 4 rings (SSSR count). The Morgan fingerprint density at radius 2 is 1.97 bits per heavy atom. The number of hydrogen-bond acceptors (Lipinski definition) is 3. The smallest absolute Gasteiger partial charge is 0.257 e. The summed E-state index contributed by atoms with van der Waals surface area (Å²) < 4.78 is 13.4. The number of rotatable bonds is 4. The highest BCUT2D eigenvalue weighted by molar-refractivity contribution is 5.96. The molecule has 1 unspecified atom stereocenters. The number of amides is 2. The summed E-state index contributed by atoms with van der Waals surface area (Å²) in [6.45, 7) is 1.02. The maximum atomic E-state index is 13.4. The van der Waals surface area contributed by atoms with E-state index in [0.29, 0.717) is 24.3 Å². The van der Waals surface area contributed by atoms with Gasteiger partial charge in [0.05, 0.1) is 17.7 Å². The molecule has 7 heteroatoms. The minimum absolute atomic E-state index is 0.104. The van der Waals surface area contributed by atoms with Gasteiger partial charge in [-0.05, 0) is 48.2 Å². The summed E-state index contributed by atoms with van der Waals surface area (Å²) in [5.41, 5.74) is 2.83. The number of carbonyl (C=O) groups is 2. The fourth-order valence-electron chi connectivity index (χ4n) is 3.58. The number of nitrogens with zero attached hydrogens (tertiary/aromatic N) is 2. The number of benzene rings is 2. The van der Waals surface area contributed by atoms with E-state index >= 15 is 0 Å². The van der Waals surface area contributed by atoms with E-state index in [1.807, 2.05) is 18.2 Å². The van der Waals surface area contributed by atoms with E-state index < -0.39 is 0 Å². The average Bonchev–Trinajstić information content (AvgIpc) is 3.29. The molecule has 6 nitrogen and oxygen atoms in total. The molecule has 3 aromatic rings. The second kappa shape index (κ2) is 8.26. The van der Waals surface area contributed by atoms with Crippen LogP contribution in [-0.2, 0) is 4.79 Å². The highest BCUT2D eigenvalue weighted by Gasteiger charge is 2.29. The van der Waals surface area contributed by atoms with Crippen molar-refractivity contribution in [2.45, 2.75) is 12.8 Å². The lowest BCUT2D eigenvalue weighted by Crippen LogP contribution is -2.43. The Labute approximate surface area is 167 Å². The number of carbonyl (C=O) groups excluding carboxylic acids is 2. The number of hydrogen-bond donors (Lipinski definition) is 2. The Balaban J connectivity index is 1.39. The van der Waals surface area contributed by atoms with Crippen molar-refractivity contribution in [3.8, 4) is 11.1 Å². The minimum atomic E-state index is -0.285. The van der Waals surface area contributed by atoms with Gasteiger partial charge in [0.2, 0.25) is 5.91 Å². The van der Waals surface area contributed by atoms with Gasteiger partial charge in [-0.25, -0.2) is 4.39 Å². The number of aromatic amines is 1. The fraction of sp³-hybridized carbons (Fsp3) is 0.227. The third-order valence-electron chi connectivity index (χ3n) is 5.13. The standard InChI is InChI=1S/C22H21FN4O2/c23-19-5-1-3-16(11-19)15-6-8-20(9-7-15)26-21(28)17-4-2-10-27(14-17)22(29)18-12-24-25-13-18/h1,3,5-9,11-13,17H,2,4,10,14H2,(H,24,25)(H,26,28). The van der Waals surface area contributed by atoms with Gasteiger partial charge in [-0.3, -0.25) is 14.7 Å². The molecule has 1 aliphatic rings. The molecule has 1 atom stereocenters. The SMILES string of the molecule is O=C(Nc1ccc(-c2cccc(F)c2)cc1)C1CCCN(C(=O)c2cn[nH]c2)C1. The molecule has 1 aliphatic heterocycles. The van der Waals surface area contributed by atoms with Gasteiger partial charge in [0.15, 0.2) is 0 Å². The normalized spacial score (nSPS) is 16.4. The van der Waals surface area contributed by atoms with Crippen molar-refractivity contribution in [2.75, 3.05) is 18.4 Å². The number of halogens is 1. The van der Waals surface area contributed by atoms with Crippen LogP contribution >= 0.6 is 0 Å². The van der Waals surface area contributed by atoms with Crippen LogP contribution in [0, 0.1) is 11.7 Å². The molecule has 1 fully saturated rings. The van der Waals surface area contributed by atoms with Crippen LogP contribution in [0.4, 0.5) is 10.1 Å². The molecule has 0 saturated carbocycles. The largest absolute Gasteiger partial charge is 0.338 e. The van der Waals surface area contributed by atoms with Crippen LogP contribution in [0.2, 0.25) is 0 Å². The summed E-state index contributed by atoms with van der Waals surface area (Å²) in [5.74, 6) is -0.766. The maximum absolute atomic E-state index is 13.4. The van der Waals surface area contributed by atoms with Crippen LogP contribution in [0.5, 0.6) is 0 Å². The number of anilines is 1. The van der Waals surface area contributed by atoms with Crippen LogP contribution in [0.3, 0.4) is 0 Å². The molecular formula is C22H21FN4O2. The molecule has 2 N–H and O–H groups in total. The summed E-state index contributed by atoms with van der Waals surface area (Å²) in [6, 6.07) is 13.7. The van der Waals surface area contributed by atoms with Gasteiger partial charge in [0, 0.05) is 25.0 Å². The molecule has 0 radical (unpaired) electrons. The van der Waals surface area contributed by atoms with Crippen LogP contribution in [0.1, 0.15) is 23.2 Å². The van der Waals surface area contributed by atoms with E-state index in [1.54, 1.807) is 29.3 Å². The molecule has 1 saturated heterocycles. The zero-order chi connectivity index (χ0) is 20.2. The first-order valence-electron chi connectivity index (χ1n) is 9.55. The molecule has 1 aromatic heterocycles. The van der Waals surface area contributed by atoms with Crippen molar-refractivity contribution < 1.29 is 14.0 Å². The number of aromatic nitrogens is 2. The van der Waals surface area contributed by atoms with Crippen molar-refractivity contribution in [1.29, 1.82) is 0 Å². The molecule has 2 amide bonds. The summed E-state index contributed by atoms with van der Waals surface area (Å²) >= 11 is 0. The number of H-pyrrole nitrogens is 1. The highest BCUT2D eigenvalue weighted by atomic mass is 19.1. The summed E-state index contributed by atoms with van der Waals surface area (Å²) in [5, 5.41) is 9.37. The van der Waals surface area contributed by atoms with Crippen molar-refractivity contribution in [1.82, 2.24) is 15.1 Å². The van der Waals surface area contributed by atoms with Crippen LogP contribution in [0.25, 0.3) is 11.1 Å². The monoisotopic (exact) mass is 392 g/mol. The van der Waals surface area contributed by atoms with Crippen molar-refractivity contribution in [3.05, 3.63) is 72.3 Å². The van der Waals surface area contributed by atoms with Crippen LogP contribution < -0.4 is 5.32 Å². The molecule has 29 heavy (non-hydrogen) atoms. The van der Waals surface area contributed by atoms with Gasteiger partial charge < -0.3 is 10.2 Å². The summed E-state index contributed by atoms with van der Waals surface area (Å²) in [6.07, 6.45) is 4.57. The molecule has 0 bridgehead atoms. The molecule has 2 heterocycles. The van der Waals surface area contributed by atoms with E-state index in [1.165, 1.54) is 18.3 Å². The number of likely N-dealkylation sites (tertiary alicyclic amines) is 1. The minimum Gasteiger partial charge on any atom is -0.338 e. The molecular weight excluding hydrogens is 371 g/mol. The van der Waals surface area contributed by atoms with Crippen molar-refractivity contribution in [3.63, 3.8) is 0 Å². The fourth-order valence-corrected chi connectivity index (χ4v) is 3.58. The van der Waals surface area contributed by atoms with Gasteiger partial charge in [0.1, 0.15) is 5.82 Å². The van der Waals surface area contributed by atoms with E-state index in [2.05, 4.69) is 15.5 Å². The lowest BCUT2D eigenvalue weighted by Gasteiger charge is -2.31.